The third-order valence-electron chi connectivity index (χ3n) is 2.83. The van der Waals surface area contributed by atoms with Crippen LogP contribution in [0.1, 0.15) is 11.3 Å². The molecule has 0 saturated heterocycles. The molecular weight excluding hydrogens is 300 g/mol. The van der Waals surface area contributed by atoms with Crippen LogP contribution >= 0.6 is 11.3 Å². The topological polar surface area (TPSA) is 95.6 Å². The Balaban J connectivity index is 1.89. The number of aryl methyl sites for hydroxylation is 1. The summed E-state index contributed by atoms with van der Waals surface area (Å²) in [5.41, 5.74) is 10.6. The maximum Gasteiger partial charge on any atom is 0.340 e. The summed E-state index contributed by atoms with van der Waals surface area (Å²) < 4.78 is 0. The predicted octanol–water partition coefficient (Wildman–Crippen LogP) is 2.26. The molecule has 0 radical (unpaired) electrons. The lowest BCUT2D eigenvalue weighted by Gasteiger charge is -2.11. The summed E-state index contributed by atoms with van der Waals surface area (Å²) in [5.74, 6) is 0. The van der Waals surface area contributed by atoms with E-state index >= 15 is 0 Å². The number of hydrazone groups is 1. The monoisotopic (exact) mass is 318 g/mol. The molecule has 1 aromatic carbocycles. The van der Waals surface area contributed by atoms with Gasteiger partial charge in [-0.1, -0.05) is 23.5 Å². The molecule has 2 aromatic rings. The number of hydrogen-bond donors (Lipinski definition) is 3. The van der Waals surface area contributed by atoms with Gasteiger partial charge in [-0.15, -0.1) is 0 Å². The van der Waals surface area contributed by atoms with Gasteiger partial charge in [0.25, 0.3) is 0 Å². The average molecular weight is 318 g/mol. The van der Waals surface area contributed by atoms with E-state index in [9.17, 15) is 4.79 Å². The minimum absolute atomic E-state index is 0.414. The molecule has 1 aromatic heterocycles. The van der Waals surface area contributed by atoms with Crippen molar-refractivity contribution in [2.75, 3.05) is 30.0 Å². The maximum absolute atomic E-state index is 11.7. The van der Waals surface area contributed by atoms with E-state index in [1.165, 1.54) is 11.3 Å². The molecule has 4 N–H and O–H groups in total. The van der Waals surface area contributed by atoms with E-state index in [0.717, 1.165) is 11.3 Å². The number of thiazole rings is 1. The number of nitrogens with two attached hydrogens (primary N) is 1. The Bertz CT molecular complexity index is 677. The summed E-state index contributed by atoms with van der Waals surface area (Å²) in [6.07, 6.45) is 1.58. The Morgan fingerprint density at radius 3 is 2.59 bits per heavy atom. The van der Waals surface area contributed by atoms with E-state index in [1.807, 2.05) is 43.3 Å². The van der Waals surface area contributed by atoms with Gasteiger partial charge in [0.15, 0.2) is 5.13 Å². The van der Waals surface area contributed by atoms with Crippen LogP contribution in [0.5, 0.6) is 0 Å². The smallest absolute Gasteiger partial charge is 0.340 e. The van der Waals surface area contributed by atoms with Gasteiger partial charge >= 0.3 is 6.03 Å². The minimum Gasteiger partial charge on any atom is -0.378 e. The Morgan fingerprint density at radius 2 is 2.05 bits per heavy atom. The Labute approximate surface area is 132 Å². The third-order valence-corrected chi connectivity index (χ3v) is 3.73. The van der Waals surface area contributed by atoms with Gasteiger partial charge in [0.05, 0.1) is 11.9 Å². The summed E-state index contributed by atoms with van der Waals surface area (Å²) in [5, 5.41) is 7.57. The average Bonchev–Trinajstić information content (AvgIpc) is 2.77. The molecule has 1 heterocycles. The van der Waals surface area contributed by atoms with Crippen molar-refractivity contribution in [1.29, 1.82) is 0 Å². The first-order chi connectivity index (χ1) is 10.5. The number of carbonyl (C=O) groups excluding carboxylic acids is 1. The number of hydrogen-bond acceptors (Lipinski definition) is 6. The zero-order valence-electron chi connectivity index (χ0n) is 12.6. The fourth-order valence-corrected chi connectivity index (χ4v) is 2.42. The number of nitrogens with one attached hydrogen (secondary N) is 2. The maximum atomic E-state index is 11.7. The van der Waals surface area contributed by atoms with Gasteiger partial charge in [0, 0.05) is 19.8 Å². The molecule has 22 heavy (non-hydrogen) atoms. The lowest BCUT2D eigenvalue weighted by Crippen LogP contribution is -2.24. The van der Waals surface area contributed by atoms with Crippen molar-refractivity contribution in [3.63, 3.8) is 0 Å². The number of amides is 2. The third kappa shape index (κ3) is 4.19. The lowest BCUT2D eigenvalue weighted by molar-refractivity contribution is 0.252. The number of anilines is 3. The van der Waals surface area contributed by atoms with Crippen molar-refractivity contribution >= 4 is 39.4 Å². The molecule has 0 fully saturated rings. The highest BCUT2D eigenvalue weighted by Crippen LogP contribution is 2.25. The van der Waals surface area contributed by atoms with Crippen LogP contribution in [0.25, 0.3) is 0 Å². The first-order valence-electron chi connectivity index (χ1n) is 6.56. The van der Waals surface area contributed by atoms with Gasteiger partial charge in [0.2, 0.25) is 0 Å². The molecular formula is C14H18N6OS. The van der Waals surface area contributed by atoms with E-state index in [2.05, 4.69) is 20.8 Å². The van der Waals surface area contributed by atoms with Crippen molar-refractivity contribution in [3.05, 3.63) is 35.5 Å². The quantitative estimate of drug-likeness (QED) is 0.595. The van der Waals surface area contributed by atoms with E-state index in [0.29, 0.717) is 15.8 Å². The molecule has 8 heteroatoms. The molecule has 2 rings (SSSR count). The van der Waals surface area contributed by atoms with Crippen LogP contribution in [0.3, 0.4) is 0 Å². The van der Waals surface area contributed by atoms with E-state index in [1.54, 1.807) is 13.1 Å². The first-order valence-corrected chi connectivity index (χ1v) is 7.37. The molecule has 2 amide bonds. The SMILES string of the molecule is Cc1nc(N)sc1NC(=O)N/N=C\c1ccc(N(C)C)cc1. The molecule has 0 unspecified atom stereocenters. The van der Waals surface area contributed by atoms with Crippen LogP contribution in [0.15, 0.2) is 29.4 Å². The number of benzene rings is 1. The van der Waals surface area contributed by atoms with Gasteiger partial charge < -0.3 is 10.6 Å². The second-order valence-electron chi connectivity index (χ2n) is 4.78. The Morgan fingerprint density at radius 1 is 1.36 bits per heavy atom. The standard InChI is InChI=1S/C14H18N6OS/c1-9-12(22-13(15)17-9)18-14(21)19-16-8-10-4-6-11(7-5-10)20(2)3/h4-8H,1-3H3,(H2,15,17)(H2,18,19,21)/b16-8-. The fraction of sp³-hybridized carbons (Fsp3) is 0.214. The largest absolute Gasteiger partial charge is 0.378 e. The Kier molecular flexibility index (Phi) is 4.95. The van der Waals surface area contributed by atoms with Crippen LogP contribution < -0.4 is 21.4 Å². The molecule has 0 atom stereocenters. The molecule has 0 spiro atoms. The van der Waals surface area contributed by atoms with Crippen LogP contribution in [-0.4, -0.2) is 31.3 Å². The summed E-state index contributed by atoms with van der Waals surface area (Å²) >= 11 is 1.22. The van der Waals surface area contributed by atoms with Crippen molar-refractivity contribution in [3.8, 4) is 0 Å². The zero-order valence-corrected chi connectivity index (χ0v) is 13.4. The van der Waals surface area contributed by atoms with Crippen LogP contribution in [0.4, 0.5) is 20.6 Å². The lowest BCUT2D eigenvalue weighted by atomic mass is 10.2. The van der Waals surface area contributed by atoms with Gasteiger partial charge in [-0.2, -0.15) is 5.10 Å². The van der Waals surface area contributed by atoms with Crippen molar-refractivity contribution in [1.82, 2.24) is 10.4 Å². The molecule has 0 aliphatic carbocycles. The number of aromatic nitrogens is 1. The normalized spacial score (nSPS) is 10.7. The second-order valence-corrected chi connectivity index (χ2v) is 5.81. The highest BCUT2D eigenvalue weighted by Gasteiger charge is 2.08. The highest BCUT2D eigenvalue weighted by molar-refractivity contribution is 7.19. The fourth-order valence-electron chi connectivity index (χ4n) is 1.69. The summed E-state index contributed by atoms with van der Waals surface area (Å²) in [7, 11) is 3.95. The molecule has 0 aliphatic heterocycles. The molecule has 0 saturated carbocycles. The van der Waals surface area contributed by atoms with Crippen molar-refractivity contribution < 1.29 is 4.79 Å². The van der Waals surface area contributed by atoms with E-state index in [-0.39, 0.29) is 0 Å². The second kappa shape index (κ2) is 6.90. The van der Waals surface area contributed by atoms with Crippen molar-refractivity contribution in [2.45, 2.75) is 6.92 Å². The molecule has 116 valence electrons. The van der Waals surface area contributed by atoms with E-state index in [4.69, 9.17) is 5.73 Å². The molecule has 7 nitrogen and oxygen atoms in total. The van der Waals surface area contributed by atoms with Gasteiger partial charge in [-0.3, -0.25) is 5.32 Å². The van der Waals surface area contributed by atoms with Crippen molar-refractivity contribution in [2.24, 2.45) is 5.10 Å². The number of nitrogen functional groups attached to an aromatic ring is 1. The summed E-state index contributed by atoms with van der Waals surface area (Å²) in [6.45, 7) is 1.78. The van der Waals surface area contributed by atoms with Gasteiger partial charge in [0.1, 0.15) is 5.00 Å². The number of carbonyl (C=O) groups is 1. The van der Waals surface area contributed by atoms with Crippen LogP contribution in [0, 0.1) is 6.92 Å². The van der Waals surface area contributed by atoms with Crippen LogP contribution in [-0.2, 0) is 0 Å². The van der Waals surface area contributed by atoms with E-state index < -0.39 is 6.03 Å². The predicted molar refractivity (Wildman–Crippen MR) is 91.8 cm³/mol. The van der Waals surface area contributed by atoms with Gasteiger partial charge in [-0.05, 0) is 24.6 Å². The minimum atomic E-state index is -0.437. The molecule has 0 bridgehead atoms. The first kappa shape index (κ1) is 15.8. The Hall–Kier alpha value is -2.61. The molecule has 0 aliphatic rings. The number of urea groups is 1. The number of nitrogens with zero attached hydrogens (tertiary/aromatic N) is 3. The van der Waals surface area contributed by atoms with Gasteiger partial charge in [-0.25, -0.2) is 15.2 Å². The van der Waals surface area contributed by atoms with Crippen LogP contribution in [0.2, 0.25) is 0 Å². The summed E-state index contributed by atoms with van der Waals surface area (Å²) in [6, 6.07) is 7.36. The highest BCUT2D eigenvalue weighted by atomic mass is 32.1. The summed E-state index contributed by atoms with van der Waals surface area (Å²) in [4.78, 5) is 17.7. The number of rotatable bonds is 4. The zero-order chi connectivity index (χ0) is 16.1.